The van der Waals surface area contributed by atoms with Crippen LogP contribution < -0.4 is 16.0 Å². The highest BCUT2D eigenvalue weighted by Gasteiger charge is 2.24. The van der Waals surface area contributed by atoms with Crippen LogP contribution in [0, 0.1) is 0 Å². The van der Waals surface area contributed by atoms with Gasteiger partial charge in [0.2, 0.25) is 5.91 Å². The molecule has 7 heteroatoms. The minimum absolute atomic E-state index is 0.134. The van der Waals surface area contributed by atoms with Crippen LogP contribution in [-0.2, 0) is 9.53 Å². The van der Waals surface area contributed by atoms with E-state index in [1.807, 2.05) is 18.2 Å². The molecule has 2 aromatic rings. The molecule has 6 nitrogen and oxygen atoms in total. The van der Waals surface area contributed by atoms with E-state index in [4.69, 9.17) is 15.5 Å². The van der Waals surface area contributed by atoms with E-state index in [0.717, 1.165) is 36.6 Å². The average molecular weight is 334 g/mol. The summed E-state index contributed by atoms with van der Waals surface area (Å²) in [6.07, 6.45) is 1.81. The van der Waals surface area contributed by atoms with Crippen molar-refractivity contribution < 1.29 is 9.53 Å². The molecule has 2 heterocycles. The van der Waals surface area contributed by atoms with Crippen molar-refractivity contribution in [3.05, 3.63) is 24.3 Å². The number of rotatable bonds is 5. The monoisotopic (exact) mass is 334 g/mol. The van der Waals surface area contributed by atoms with Gasteiger partial charge in [0.15, 0.2) is 5.13 Å². The number of nitrogens with one attached hydrogen (secondary N) is 1. The average Bonchev–Trinajstić information content (AvgIpc) is 2.99. The van der Waals surface area contributed by atoms with E-state index in [-0.39, 0.29) is 18.6 Å². The third-order valence-electron chi connectivity index (χ3n) is 4.08. The summed E-state index contributed by atoms with van der Waals surface area (Å²) in [6, 6.07) is 7.77. The first kappa shape index (κ1) is 16.2. The van der Waals surface area contributed by atoms with Crippen molar-refractivity contribution in [3.8, 4) is 0 Å². The van der Waals surface area contributed by atoms with E-state index < -0.39 is 6.04 Å². The van der Waals surface area contributed by atoms with Crippen LogP contribution in [0.3, 0.4) is 0 Å². The molecule has 0 bridgehead atoms. The quantitative estimate of drug-likeness (QED) is 0.863. The highest BCUT2D eigenvalue weighted by molar-refractivity contribution is 7.22. The van der Waals surface area contributed by atoms with Gasteiger partial charge in [0.25, 0.3) is 0 Å². The molecule has 1 saturated heterocycles. The molecule has 124 valence electrons. The van der Waals surface area contributed by atoms with Gasteiger partial charge in [-0.05, 0) is 25.0 Å². The number of carbonyl (C=O) groups is 1. The van der Waals surface area contributed by atoms with Gasteiger partial charge in [-0.3, -0.25) is 4.79 Å². The van der Waals surface area contributed by atoms with Gasteiger partial charge in [0.1, 0.15) is 6.04 Å². The van der Waals surface area contributed by atoms with Gasteiger partial charge in [0, 0.05) is 26.2 Å². The molecular formula is C16H22N4O2S. The van der Waals surface area contributed by atoms with Crippen LogP contribution in [0.2, 0.25) is 0 Å². The van der Waals surface area contributed by atoms with E-state index in [2.05, 4.69) is 16.3 Å². The molecule has 0 aliphatic carbocycles. The Hall–Kier alpha value is -1.70. The fraction of sp³-hybridized carbons (Fsp3) is 0.500. The van der Waals surface area contributed by atoms with Gasteiger partial charge >= 0.3 is 0 Å². The Labute approximate surface area is 139 Å². The van der Waals surface area contributed by atoms with Gasteiger partial charge in [-0.2, -0.15) is 0 Å². The summed E-state index contributed by atoms with van der Waals surface area (Å²) < 4.78 is 6.13. The zero-order valence-electron chi connectivity index (χ0n) is 13.2. The fourth-order valence-corrected chi connectivity index (χ4v) is 3.79. The lowest BCUT2D eigenvalue weighted by atomic mass is 10.1. The van der Waals surface area contributed by atoms with E-state index in [0.29, 0.717) is 0 Å². The molecule has 1 fully saturated rings. The number of nitrogens with two attached hydrogens (primary N) is 1. The Morgan fingerprint density at radius 2 is 2.22 bits per heavy atom. The van der Waals surface area contributed by atoms with Crippen molar-refractivity contribution in [3.63, 3.8) is 0 Å². The zero-order valence-corrected chi connectivity index (χ0v) is 14.0. The van der Waals surface area contributed by atoms with Crippen molar-refractivity contribution in [1.29, 1.82) is 0 Å². The second-order valence-electron chi connectivity index (χ2n) is 5.80. The number of hydrogen-bond donors (Lipinski definition) is 2. The smallest absolute Gasteiger partial charge is 0.239 e. The predicted molar refractivity (Wildman–Crippen MR) is 92.8 cm³/mol. The van der Waals surface area contributed by atoms with Crippen LogP contribution in [0.4, 0.5) is 5.13 Å². The largest absolute Gasteiger partial charge is 0.383 e. The normalized spacial score (nSPS) is 17.4. The summed E-state index contributed by atoms with van der Waals surface area (Å²) in [4.78, 5) is 18.9. The molecule has 3 rings (SSSR count). The molecule has 1 aliphatic heterocycles. The van der Waals surface area contributed by atoms with Crippen molar-refractivity contribution >= 4 is 32.6 Å². The molecule has 1 aliphatic rings. The van der Waals surface area contributed by atoms with Crippen LogP contribution in [0.25, 0.3) is 10.2 Å². The molecular weight excluding hydrogens is 312 g/mol. The summed E-state index contributed by atoms with van der Waals surface area (Å²) >= 11 is 1.72. The van der Waals surface area contributed by atoms with E-state index in [9.17, 15) is 4.79 Å². The van der Waals surface area contributed by atoms with Crippen molar-refractivity contribution in [2.75, 3.05) is 31.7 Å². The van der Waals surface area contributed by atoms with E-state index in [1.165, 1.54) is 4.70 Å². The summed E-state index contributed by atoms with van der Waals surface area (Å²) in [6.45, 7) is 2.03. The minimum atomic E-state index is -0.595. The Kier molecular flexibility index (Phi) is 5.09. The second kappa shape index (κ2) is 7.25. The molecule has 0 saturated carbocycles. The first-order valence-electron chi connectivity index (χ1n) is 7.83. The SMILES string of the molecule is COCC(N)C(=O)NC1CCN(c2nc3ccccc3s2)CC1. The number of thiazole rings is 1. The molecule has 1 aromatic carbocycles. The highest BCUT2D eigenvalue weighted by atomic mass is 32.1. The lowest BCUT2D eigenvalue weighted by Gasteiger charge is -2.32. The Balaban J connectivity index is 1.55. The van der Waals surface area contributed by atoms with Crippen molar-refractivity contribution in [2.24, 2.45) is 5.73 Å². The first-order chi connectivity index (χ1) is 11.2. The number of fused-ring (bicyclic) bond motifs is 1. The first-order valence-corrected chi connectivity index (χ1v) is 8.64. The number of aromatic nitrogens is 1. The third kappa shape index (κ3) is 3.80. The van der Waals surface area contributed by atoms with Crippen LogP contribution in [0.5, 0.6) is 0 Å². The maximum absolute atomic E-state index is 11.9. The van der Waals surface area contributed by atoms with Crippen molar-refractivity contribution in [1.82, 2.24) is 10.3 Å². The number of anilines is 1. The summed E-state index contributed by atoms with van der Waals surface area (Å²) in [7, 11) is 1.55. The van der Waals surface area contributed by atoms with E-state index in [1.54, 1.807) is 18.4 Å². The fourth-order valence-electron chi connectivity index (χ4n) is 2.77. The van der Waals surface area contributed by atoms with Crippen LogP contribution in [0.15, 0.2) is 24.3 Å². The van der Waals surface area contributed by atoms with Gasteiger partial charge in [-0.15, -0.1) is 0 Å². The molecule has 1 aromatic heterocycles. The minimum Gasteiger partial charge on any atom is -0.383 e. The Bertz CT molecular complexity index is 634. The number of carbonyl (C=O) groups excluding carboxylic acids is 1. The lowest BCUT2D eigenvalue weighted by Crippen LogP contribution is -2.50. The highest BCUT2D eigenvalue weighted by Crippen LogP contribution is 2.30. The maximum Gasteiger partial charge on any atom is 0.239 e. The number of benzene rings is 1. The number of hydrogen-bond acceptors (Lipinski definition) is 6. The summed E-state index contributed by atoms with van der Waals surface area (Å²) in [5.41, 5.74) is 6.80. The topological polar surface area (TPSA) is 80.5 Å². The number of amides is 1. The van der Waals surface area contributed by atoms with Crippen molar-refractivity contribution in [2.45, 2.75) is 24.9 Å². The molecule has 3 N–H and O–H groups in total. The van der Waals surface area contributed by atoms with Gasteiger partial charge < -0.3 is 20.7 Å². The maximum atomic E-state index is 11.9. The molecule has 1 amide bonds. The van der Waals surface area contributed by atoms with Gasteiger partial charge in [-0.25, -0.2) is 4.98 Å². The number of ether oxygens (including phenoxy) is 1. The van der Waals surface area contributed by atoms with Gasteiger partial charge in [0.05, 0.1) is 16.8 Å². The standard InChI is InChI=1S/C16H22N4O2S/c1-22-10-12(17)15(21)18-11-6-8-20(9-7-11)16-19-13-4-2-3-5-14(13)23-16/h2-5,11-12H,6-10,17H2,1H3,(H,18,21). The second-order valence-corrected chi connectivity index (χ2v) is 6.81. The molecule has 1 atom stereocenters. The van der Waals surface area contributed by atoms with Gasteiger partial charge in [-0.1, -0.05) is 23.5 Å². The Morgan fingerprint density at radius 3 is 2.91 bits per heavy atom. The summed E-state index contributed by atoms with van der Waals surface area (Å²) in [5.74, 6) is -0.134. The number of piperidine rings is 1. The van der Waals surface area contributed by atoms with Crippen LogP contribution in [-0.4, -0.2) is 49.8 Å². The summed E-state index contributed by atoms with van der Waals surface area (Å²) in [5, 5.41) is 4.08. The zero-order chi connectivity index (χ0) is 16.2. The third-order valence-corrected chi connectivity index (χ3v) is 5.17. The lowest BCUT2D eigenvalue weighted by molar-refractivity contribution is -0.124. The van der Waals surface area contributed by atoms with Crippen LogP contribution in [0.1, 0.15) is 12.8 Å². The Morgan fingerprint density at radius 1 is 1.48 bits per heavy atom. The number of para-hydroxylation sites is 1. The number of nitrogens with zero attached hydrogens (tertiary/aromatic N) is 2. The predicted octanol–water partition coefficient (Wildman–Crippen LogP) is 1.36. The van der Waals surface area contributed by atoms with E-state index >= 15 is 0 Å². The number of methoxy groups -OCH3 is 1. The molecule has 1 unspecified atom stereocenters. The molecule has 0 spiro atoms. The molecule has 23 heavy (non-hydrogen) atoms. The molecule has 0 radical (unpaired) electrons. The van der Waals surface area contributed by atoms with Crippen LogP contribution >= 0.6 is 11.3 Å².